The van der Waals surface area contributed by atoms with Gasteiger partial charge in [0.2, 0.25) is 11.8 Å². The molecule has 0 bridgehead atoms. The van der Waals surface area contributed by atoms with E-state index in [-0.39, 0.29) is 50.1 Å². The lowest BCUT2D eigenvalue weighted by molar-refractivity contribution is -0.128. The molecule has 0 aromatic heterocycles. The molecule has 2 amide bonds. The van der Waals surface area contributed by atoms with Gasteiger partial charge in [-0.05, 0) is 66.8 Å². The summed E-state index contributed by atoms with van der Waals surface area (Å²) in [6, 6.07) is 14.8. The number of hydrogen-bond acceptors (Lipinski definition) is 5. The summed E-state index contributed by atoms with van der Waals surface area (Å²) >= 11 is 18.6. The summed E-state index contributed by atoms with van der Waals surface area (Å²) in [4.78, 5) is 37.3. The van der Waals surface area contributed by atoms with Crippen LogP contribution in [0.15, 0.2) is 65.6 Å². The molecule has 7 nitrogen and oxygen atoms in total. The summed E-state index contributed by atoms with van der Waals surface area (Å²) in [5, 5.41) is 5.16. The van der Waals surface area contributed by atoms with Gasteiger partial charge < -0.3 is 10.6 Å². The molecular formula is C29H27Cl3N2O5S. The van der Waals surface area contributed by atoms with Crippen molar-refractivity contribution in [2.45, 2.75) is 55.3 Å². The second-order valence-corrected chi connectivity index (χ2v) is 13.2. The third-order valence-electron chi connectivity index (χ3n) is 6.79. The van der Waals surface area contributed by atoms with E-state index in [0.29, 0.717) is 17.5 Å². The average Bonchev–Trinajstić information content (AvgIpc) is 2.87. The normalized spacial score (nSPS) is 17.4. The largest absolute Gasteiger partial charge is 0.351 e. The van der Waals surface area contributed by atoms with Crippen molar-refractivity contribution in [2.24, 2.45) is 0 Å². The zero-order chi connectivity index (χ0) is 29.2. The summed E-state index contributed by atoms with van der Waals surface area (Å²) in [5.41, 5.74) is 2.10. The number of rotatable bonds is 8. The number of sulfone groups is 1. The third-order valence-corrected chi connectivity index (χ3v) is 9.76. The summed E-state index contributed by atoms with van der Waals surface area (Å²) in [7, 11) is -3.95. The Kier molecular flexibility index (Phi) is 9.25. The van der Waals surface area contributed by atoms with E-state index in [1.165, 1.54) is 19.1 Å². The molecule has 0 radical (unpaired) electrons. The second kappa shape index (κ2) is 12.3. The molecule has 0 saturated carbocycles. The van der Waals surface area contributed by atoms with Crippen molar-refractivity contribution < 1.29 is 22.8 Å². The van der Waals surface area contributed by atoms with Crippen molar-refractivity contribution in [2.75, 3.05) is 0 Å². The zero-order valence-electron chi connectivity index (χ0n) is 21.7. The highest BCUT2D eigenvalue weighted by Gasteiger charge is 2.38. The number of hydrogen-bond donors (Lipinski definition) is 2. The first-order chi connectivity index (χ1) is 18.9. The Hall–Kier alpha value is -2.91. The van der Waals surface area contributed by atoms with Crippen LogP contribution in [0.1, 0.15) is 52.6 Å². The van der Waals surface area contributed by atoms with Crippen LogP contribution in [0.4, 0.5) is 0 Å². The molecule has 1 aliphatic rings. The number of carbonyl (C=O) groups is 3. The molecule has 0 fully saturated rings. The van der Waals surface area contributed by atoms with Crippen LogP contribution < -0.4 is 10.6 Å². The van der Waals surface area contributed by atoms with E-state index in [1.807, 2.05) is 0 Å². The number of ketones is 1. The van der Waals surface area contributed by atoms with Crippen LogP contribution in [0.25, 0.3) is 0 Å². The fraction of sp³-hybridized carbons (Fsp3) is 0.276. The van der Waals surface area contributed by atoms with Gasteiger partial charge in [0, 0.05) is 24.4 Å². The van der Waals surface area contributed by atoms with Crippen LogP contribution in [0.3, 0.4) is 0 Å². The summed E-state index contributed by atoms with van der Waals surface area (Å²) in [5.74, 6) is -1.06. The quantitative estimate of drug-likeness (QED) is 0.321. The summed E-state index contributed by atoms with van der Waals surface area (Å²) in [6.07, 6.45) is 0.434. The molecule has 40 heavy (non-hydrogen) atoms. The van der Waals surface area contributed by atoms with E-state index in [0.717, 1.165) is 5.56 Å². The fourth-order valence-corrected chi connectivity index (χ4v) is 7.71. The Labute approximate surface area is 248 Å². The number of amides is 2. The van der Waals surface area contributed by atoms with Gasteiger partial charge in [0.15, 0.2) is 15.6 Å². The highest BCUT2D eigenvalue weighted by Crippen LogP contribution is 2.40. The Morgan fingerprint density at radius 2 is 1.65 bits per heavy atom. The van der Waals surface area contributed by atoms with E-state index < -0.39 is 33.1 Å². The van der Waals surface area contributed by atoms with Crippen molar-refractivity contribution >= 4 is 62.2 Å². The number of nitrogens with one attached hydrogen (secondary N) is 2. The molecular weight excluding hydrogens is 595 g/mol. The summed E-state index contributed by atoms with van der Waals surface area (Å²) < 4.78 is 27.9. The molecule has 3 atom stereocenters. The standard InChI is InChI=1S/C29H27Cl3N2O5S/c1-16(33-17(2)35)29(37)34-21-13-19-10-9-18(12-26(36)28-24(31)7-4-8-25(28)32)11-23(19)27(15-21)40(38,39)22-6-3-5-20(30)14-22/h3-11,14,16,21,27H,12-13,15H2,1-2H3,(H,33,35)(H,34,37)/t16-,21-,27?/m1/s1. The predicted molar refractivity (Wildman–Crippen MR) is 156 cm³/mol. The molecule has 4 rings (SSSR count). The predicted octanol–water partition coefficient (Wildman–Crippen LogP) is 5.54. The first kappa shape index (κ1) is 30.1. The van der Waals surface area contributed by atoms with Crippen molar-refractivity contribution in [1.82, 2.24) is 10.6 Å². The van der Waals surface area contributed by atoms with Gasteiger partial charge in [-0.3, -0.25) is 14.4 Å². The maximum atomic E-state index is 13.9. The Balaban J connectivity index is 1.70. The topological polar surface area (TPSA) is 109 Å². The van der Waals surface area contributed by atoms with E-state index in [4.69, 9.17) is 34.8 Å². The van der Waals surface area contributed by atoms with E-state index >= 15 is 0 Å². The molecule has 1 aliphatic carbocycles. The first-order valence-electron chi connectivity index (χ1n) is 12.5. The lowest BCUT2D eigenvalue weighted by Gasteiger charge is -2.33. The molecule has 0 aliphatic heterocycles. The third kappa shape index (κ3) is 6.69. The lowest BCUT2D eigenvalue weighted by atomic mass is 9.85. The molecule has 0 heterocycles. The highest BCUT2D eigenvalue weighted by molar-refractivity contribution is 7.91. The van der Waals surface area contributed by atoms with Gasteiger partial charge in [-0.15, -0.1) is 0 Å². The molecule has 11 heteroatoms. The van der Waals surface area contributed by atoms with Crippen LogP contribution in [0.5, 0.6) is 0 Å². The summed E-state index contributed by atoms with van der Waals surface area (Å²) in [6.45, 7) is 2.87. The lowest BCUT2D eigenvalue weighted by Crippen LogP contribution is -2.49. The van der Waals surface area contributed by atoms with Crippen LogP contribution in [0, 0.1) is 0 Å². The Bertz CT molecular complexity index is 1570. The number of halogens is 3. The minimum atomic E-state index is -3.95. The highest BCUT2D eigenvalue weighted by atomic mass is 35.5. The van der Waals surface area contributed by atoms with Crippen molar-refractivity contribution in [3.8, 4) is 0 Å². The van der Waals surface area contributed by atoms with Gasteiger partial charge in [-0.25, -0.2) is 8.42 Å². The Morgan fingerprint density at radius 3 is 2.30 bits per heavy atom. The minimum Gasteiger partial charge on any atom is -0.351 e. The van der Waals surface area contributed by atoms with E-state index in [2.05, 4.69) is 10.6 Å². The molecule has 3 aromatic carbocycles. The molecule has 0 saturated heterocycles. The van der Waals surface area contributed by atoms with Crippen LogP contribution in [-0.4, -0.2) is 38.1 Å². The van der Waals surface area contributed by atoms with Gasteiger partial charge in [-0.2, -0.15) is 0 Å². The van der Waals surface area contributed by atoms with Gasteiger partial charge >= 0.3 is 0 Å². The van der Waals surface area contributed by atoms with Crippen molar-refractivity contribution in [3.05, 3.63) is 98.0 Å². The molecule has 3 aromatic rings. The van der Waals surface area contributed by atoms with Crippen LogP contribution >= 0.6 is 34.8 Å². The number of carbonyl (C=O) groups excluding carboxylic acids is 3. The molecule has 0 spiro atoms. The SMILES string of the molecule is CC(=O)N[C@H](C)C(=O)N[C@@H]1Cc2ccc(CC(=O)c3c(Cl)cccc3Cl)cc2C(S(=O)(=O)c2cccc(Cl)c2)C1. The maximum absolute atomic E-state index is 13.9. The van der Waals surface area contributed by atoms with Crippen LogP contribution in [-0.2, 0) is 32.3 Å². The monoisotopic (exact) mass is 620 g/mol. The van der Waals surface area contributed by atoms with Gasteiger partial charge in [0.25, 0.3) is 0 Å². The smallest absolute Gasteiger partial charge is 0.242 e. The van der Waals surface area contributed by atoms with E-state index in [1.54, 1.807) is 55.5 Å². The zero-order valence-corrected chi connectivity index (χ0v) is 24.8. The van der Waals surface area contributed by atoms with Crippen LogP contribution in [0.2, 0.25) is 15.1 Å². The fourth-order valence-electron chi connectivity index (χ4n) is 4.92. The Morgan fingerprint density at radius 1 is 0.975 bits per heavy atom. The molecule has 210 valence electrons. The molecule has 1 unspecified atom stereocenters. The van der Waals surface area contributed by atoms with Crippen molar-refractivity contribution in [3.63, 3.8) is 0 Å². The van der Waals surface area contributed by atoms with Gasteiger partial charge in [0.1, 0.15) is 6.04 Å². The van der Waals surface area contributed by atoms with E-state index in [9.17, 15) is 22.8 Å². The van der Waals surface area contributed by atoms with Gasteiger partial charge in [0.05, 0.1) is 25.8 Å². The first-order valence-corrected chi connectivity index (χ1v) is 15.2. The maximum Gasteiger partial charge on any atom is 0.242 e. The average molecular weight is 622 g/mol. The van der Waals surface area contributed by atoms with Gasteiger partial charge in [-0.1, -0.05) is 65.1 Å². The second-order valence-electron chi connectivity index (χ2n) is 9.79. The molecule has 2 N–H and O–H groups in total. The number of fused-ring (bicyclic) bond motifs is 1. The number of Topliss-reactive ketones (excluding diaryl/α,β-unsaturated/α-hetero) is 1. The van der Waals surface area contributed by atoms with Crippen molar-refractivity contribution in [1.29, 1.82) is 0 Å². The number of benzene rings is 3. The minimum absolute atomic E-state index is 0.0327.